The minimum atomic E-state index is 0.423. The normalized spacial score (nSPS) is 35.4. The van der Waals surface area contributed by atoms with E-state index in [0.717, 1.165) is 45.3 Å². The number of ether oxygens (including phenoxy) is 2. The molecule has 1 aliphatic carbocycles. The van der Waals surface area contributed by atoms with Crippen LogP contribution in [0.5, 0.6) is 0 Å². The predicted octanol–water partition coefficient (Wildman–Crippen LogP) is 2.23. The lowest BCUT2D eigenvalue weighted by Crippen LogP contribution is -2.30. The van der Waals surface area contributed by atoms with Crippen LogP contribution in [0.1, 0.15) is 51.4 Å². The van der Waals surface area contributed by atoms with Crippen LogP contribution in [0.15, 0.2) is 0 Å². The van der Waals surface area contributed by atoms with Crippen molar-refractivity contribution < 1.29 is 9.47 Å². The molecule has 2 fully saturated rings. The van der Waals surface area contributed by atoms with Gasteiger partial charge in [0.2, 0.25) is 0 Å². The lowest BCUT2D eigenvalue weighted by molar-refractivity contribution is 0.0161. The highest BCUT2D eigenvalue weighted by Crippen LogP contribution is 2.21. The molecule has 2 N–H and O–H groups in total. The molecule has 2 rings (SSSR count). The first-order chi connectivity index (χ1) is 7.84. The van der Waals surface area contributed by atoms with E-state index in [0.29, 0.717) is 18.2 Å². The van der Waals surface area contributed by atoms with Gasteiger partial charge in [0.1, 0.15) is 0 Å². The molecule has 0 aromatic rings. The average molecular weight is 227 g/mol. The molecule has 2 aliphatic rings. The van der Waals surface area contributed by atoms with E-state index in [-0.39, 0.29) is 0 Å². The quantitative estimate of drug-likeness (QED) is 0.733. The second-order valence-corrected chi connectivity index (χ2v) is 5.18. The predicted molar refractivity (Wildman–Crippen MR) is 64.4 cm³/mol. The van der Waals surface area contributed by atoms with Crippen LogP contribution in [0.2, 0.25) is 0 Å². The maximum Gasteiger partial charge on any atom is 0.0576 e. The van der Waals surface area contributed by atoms with Gasteiger partial charge >= 0.3 is 0 Å². The van der Waals surface area contributed by atoms with Crippen LogP contribution >= 0.6 is 0 Å². The van der Waals surface area contributed by atoms with Gasteiger partial charge in [0.15, 0.2) is 0 Å². The molecule has 1 saturated carbocycles. The summed E-state index contributed by atoms with van der Waals surface area (Å²) in [5, 5.41) is 0. The van der Waals surface area contributed by atoms with Crippen molar-refractivity contribution in [3.8, 4) is 0 Å². The Morgan fingerprint density at radius 3 is 2.62 bits per heavy atom. The molecule has 1 heterocycles. The molecule has 3 nitrogen and oxygen atoms in total. The molecule has 1 aliphatic heterocycles. The lowest BCUT2D eigenvalue weighted by Gasteiger charge is -2.26. The Bertz CT molecular complexity index is 184. The fraction of sp³-hybridized carbons (Fsp3) is 1.00. The summed E-state index contributed by atoms with van der Waals surface area (Å²) in [5.74, 6) is 0. The van der Waals surface area contributed by atoms with Gasteiger partial charge in [-0.3, -0.25) is 0 Å². The van der Waals surface area contributed by atoms with E-state index in [9.17, 15) is 0 Å². The average Bonchev–Trinajstić information content (AvgIpc) is 2.80. The molecule has 1 saturated heterocycles. The standard InChI is InChI=1S/C13H25NO2/c14-11-5-7-13(8-6-11)16-10-2-4-12-3-1-9-15-12/h11-13H,1-10,14H2. The van der Waals surface area contributed by atoms with Crippen molar-refractivity contribution in [2.75, 3.05) is 13.2 Å². The van der Waals surface area contributed by atoms with E-state index in [1.165, 1.54) is 19.3 Å². The Balaban J connectivity index is 1.48. The number of hydrogen-bond donors (Lipinski definition) is 1. The van der Waals surface area contributed by atoms with Crippen molar-refractivity contribution in [1.82, 2.24) is 0 Å². The van der Waals surface area contributed by atoms with Crippen molar-refractivity contribution >= 4 is 0 Å². The third-order valence-corrected chi connectivity index (χ3v) is 3.77. The molecular formula is C13H25NO2. The molecule has 0 aromatic carbocycles. The monoisotopic (exact) mass is 227 g/mol. The number of hydrogen-bond acceptors (Lipinski definition) is 3. The molecule has 0 aromatic heterocycles. The summed E-state index contributed by atoms with van der Waals surface area (Å²) in [4.78, 5) is 0. The molecule has 1 atom stereocenters. The maximum atomic E-state index is 5.88. The Morgan fingerprint density at radius 1 is 1.12 bits per heavy atom. The van der Waals surface area contributed by atoms with Crippen LogP contribution in [-0.4, -0.2) is 31.5 Å². The summed E-state index contributed by atoms with van der Waals surface area (Å²) < 4.78 is 11.5. The van der Waals surface area contributed by atoms with Gasteiger partial charge in [0.25, 0.3) is 0 Å². The van der Waals surface area contributed by atoms with Gasteiger partial charge in [-0.2, -0.15) is 0 Å². The lowest BCUT2D eigenvalue weighted by atomic mass is 9.94. The molecule has 0 amide bonds. The Hall–Kier alpha value is -0.120. The summed E-state index contributed by atoms with van der Waals surface area (Å²) in [5.41, 5.74) is 5.86. The Kier molecular flexibility index (Phi) is 5.07. The van der Waals surface area contributed by atoms with Gasteiger partial charge in [0, 0.05) is 19.3 Å². The maximum absolute atomic E-state index is 5.88. The van der Waals surface area contributed by atoms with Crippen molar-refractivity contribution in [2.45, 2.75) is 69.6 Å². The van der Waals surface area contributed by atoms with Crippen LogP contribution in [0.25, 0.3) is 0 Å². The van der Waals surface area contributed by atoms with Crippen LogP contribution in [0.4, 0.5) is 0 Å². The van der Waals surface area contributed by atoms with Crippen LogP contribution in [0, 0.1) is 0 Å². The Labute approximate surface area is 98.7 Å². The van der Waals surface area contributed by atoms with Gasteiger partial charge in [-0.05, 0) is 51.4 Å². The summed E-state index contributed by atoms with van der Waals surface area (Å²) >= 11 is 0. The van der Waals surface area contributed by atoms with Gasteiger partial charge in [0.05, 0.1) is 12.2 Å². The molecule has 1 unspecified atom stereocenters. The van der Waals surface area contributed by atoms with Crippen LogP contribution < -0.4 is 5.73 Å². The van der Waals surface area contributed by atoms with E-state index in [2.05, 4.69) is 0 Å². The molecule has 0 bridgehead atoms. The first kappa shape index (κ1) is 12.3. The van der Waals surface area contributed by atoms with Crippen LogP contribution in [0.3, 0.4) is 0 Å². The van der Waals surface area contributed by atoms with Crippen LogP contribution in [-0.2, 0) is 9.47 Å². The molecule has 94 valence electrons. The zero-order valence-electron chi connectivity index (χ0n) is 10.2. The molecule has 0 spiro atoms. The van der Waals surface area contributed by atoms with Crippen molar-refractivity contribution in [2.24, 2.45) is 5.73 Å². The smallest absolute Gasteiger partial charge is 0.0576 e. The highest BCUT2D eigenvalue weighted by molar-refractivity contribution is 4.74. The molecule has 3 heteroatoms. The zero-order chi connectivity index (χ0) is 11.2. The third-order valence-electron chi connectivity index (χ3n) is 3.77. The highest BCUT2D eigenvalue weighted by atomic mass is 16.5. The number of rotatable bonds is 5. The zero-order valence-corrected chi connectivity index (χ0v) is 10.2. The van der Waals surface area contributed by atoms with Crippen molar-refractivity contribution in [3.63, 3.8) is 0 Å². The third kappa shape index (κ3) is 4.04. The highest BCUT2D eigenvalue weighted by Gasteiger charge is 2.19. The minimum Gasteiger partial charge on any atom is -0.378 e. The van der Waals surface area contributed by atoms with Gasteiger partial charge in [-0.25, -0.2) is 0 Å². The van der Waals surface area contributed by atoms with Crippen molar-refractivity contribution in [1.29, 1.82) is 0 Å². The summed E-state index contributed by atoms with van der Waals surface area (Å²) in [6.45, 7) is 1.87. The fourth-order valence-corrected chi connectivity index (χ4v) is 2.69. The van der Waals surface area contributed by atoms with Crippen molar-refractivity contribution in [3.05, 3.63) is 0 Å². The van der Waals surface area contributed by atoms with E-state index < -0.39 is 0 Å². The SMILES string of the molecule is NC1CCC(OCCCC2CCCO2)CC1. The molecule has 0 radical (unpaired) electrons. The van der Waals surface area contributed by atoms with Gasteiger partial charge < -0.3 is 15.2 Å². The second kappa shape index (κ2) is 6.58. The first-order valence-corrected chi connectivity index (χ1v) is 6.83. The summed E-state index contributed by atoms with van der Waals surface area (Å²) in [6.07, 6.45) is 10.4. The first-order valence-electron chi connectivity index (χ1n) is 6.83. The number of nitrogens with two attached hydrogens (primary N) is 1. The van der Waals surface area contributed by atoms with E-state index >= 15 is 0 Å². The largest absolute Gasteiger partial charge is 0.378 e. The van der Waals surface area contributed by atoms with E-state index in [1.54, 1.807) is 0 Å². The minimum absolute atomic E-state index is 0.423. The topological polar surface area (TPSA) is 44.5 Å². The summed E-state index contributed by atoms with van der Waals surface area (Å²) in [6, 6.07) is 0.423. The van der Waals surface area contributed by atoms with Gasteiger partial charge in [-0.1, -0.05) is 0 Å². The van der Waals surface area contributed by atoms with E-state index in [1.807, 2.05) is 0 Å². The summed E-state index contributed by atoms with van der Waals surface area (Å²) in [7, 11) is 0. The second-order valence-electron chi connectivity index (χ2n) is 5.18. The molecule has 16 heavy (non-hydrogen) atoms. The molecular weight excluding hydrogens is 202 g/mol. The van der Waals surface area contributed by atoms with Gasteiger partial charge in [-0.15, -0.1) is 0 Å². The van der Waals surface area contributed by atoms with E-state index in [4.69, 9.17) is 15.2 Å². The fourth-order valence-electron chi connectivity index (χ4n) is 2.69. The Morgan fingerprint density at radius 2 is 1.94 bits per heavy atom.